The van der Waals surface area contributed by atoms with Crippen molar-refractivity contribution < 1.29 is 8.42 Å². The summed E-state index contributed by atoms with van der Waals surface area (Å²) in [6.45, 7) is 2.22. The highest BCUT2D eigenvalue weighted by atomic mass is 35.5. The maximum atomic E-state index is 13.0. The number of hydrogen-bond donors (Lipinski definition) is 1. The van der Waals surface area contributed by atoms with Gasteiger partial charge in [0.25, 0.3) is 0 Å². The van der Waals surface area contributed by atoms with Crippen LogP contribution in [0, 0.1) is 0 Å². The second kappa shape index (κ2) is 7.84. The van der Waals surface area contributed by atoms with Gasteiger partial charge >= 0.3 is 0 Å². The molecule has 1 aromatic heterocycles. The number of nitrogens with zero attached hydrogens (tertiary/aromatic N) is 2. The lowest BCUT2D eigenvalue weighted by molar-refractivity contribution is 0.359. The Kier molecular flexibility index (Phi) is 5.78. The SMILES string of the molecule is O=S(=O)(c1cncc(Cl)c1SCc1ccccc1)N1CCNCC1. The fourth-order valence-corrected chi connectivity index (χ4v) is 5.72. The van der Waals surface area contributed by atoms with Crippen LogP contribution in [0.5, 0.6) is 0 Å². The van der Waals surface area contributed by atoms with Crippen molar-refractivity contribution in [2.75, 3.05) is 26.2 Å². The Morgan fingerprint density at radius 3 is 2.58 bits per heavy atom. The number of thioether (sulfide) groups is 1. The van der Waals surface area contributed by atoms with Gasteiger partial charge in [-0.05, 0) is 5.56 Å². The van der Waals surface area contributed by atoms with E-state index in [1.807, 2.05) is 30.3 Å². The van der Waals surface area contributed by atoms with E-state index in [9.17, 15) is 8.42 Å². The Labute approximate surface area is 151 Å². The monoisotopic (exact) mass is 383 g/mol. The van der Waals surface area contributed by atoms with E-state index in [2.05, 4.69) is 10.3 Å². The number of halogens is 1. The van der Waals surface area contributed by atoms with Crippen molar-refractivity contribution in [1.82, 2.24) is 14.6 Å². The van der Waals surface area contributed by atoms with E-state index in [1.54, 1.807) is 0 Å². The molecule has 1 saturated heterocycles. The molecule has 0 saturated carbocycles. The highest BCUT2D eigenvalue weighted by Crippen LogP contribution is 2.36. The Bertz CT molecular complexity index is 794. The zero-order valence-electron chi connectivity index (χ0n) is 13.0. The number of sulfonamides is 1. The van der Waals surface area contributed by atoms with Gasteiger partial charge in [0.1, 0.15) is 4.90 Å². The van der Waals surface area contributed by atoms with E-state index in [-0.39, 0.29) is 4.90 Å². The summed E-state index contributed by atoms with van der Waals surface area (Å²) in [6.07, 6.45) is 2.89. The predicted molar refractivity (Wildman–Crippen MR) is 96.9 cm³/mol. The van der Waals surface area contributed by atoms with Gasteiger partial charge in [0.15, 0.2) is 0 Å². The lowest BCUT2D eigenvalue weighted by Gasteiger charge is -2.27. The Hall–Kier alpha value is -1.12. The molecule has 2 aromatic rings. The smallest absolute Gasteiger partial charge is 0.245 e. The zero-order chi connectivity index (χ0) is 17.0. The average Bonchev–Trinajstić information content (AvgIpc) is 2.62. The van der Waals surface area contributed by atoms with Crippen LogP contribution in [0.1, 0.15) is 5.56 Å². The number of benzene rings is 1. The average molecular weight is 384 g/mol. The summed E-state index contributed by atoms with van der Waals surface area (Å²) in [5.74, 6) is 0.647. The molecule has 1 N–H and O–H groups in total. The molecular weight excluding hydrogens is 366 g/mol. The van der Waals surface area contributed by atoms with Crippen LogP contribution in [0.2, 0.25) is 5.02 Å². The summed E-state index contributed by atoms with van der Waals surface area (Å²) in [4.78, 5) is 4.75. The van der Waals surface area contributed by atoms with Crippen molar-refractivity contribution in [1.29, 1.82) is 0 Å². The first-order chi connectivity index (χ1) is 11.6. The quantitative estimate of drug-likeness (QED) is 0.804. The summed E-state index contributed by atoms with van der Waals surface area (Å²) >= 11 is 7.69. The molecule has 0 aliphatic carbocycles. The van der Waals surface area contributed by atoms with Crippen LogP contribution in [0.4, 0.5) is 0 Å². The number of piperazine rings is 1. The summed E-state index contributed by atoms with van der Waals surface area (Å²) in [6, 6.07) is 9.89. The molecule has 0 amide bonds. The standard InChI is InChI=1S/C16H18ClN3O2S2/c17-14-10-19-11-15(24(21,22)20-8-6-18-7-9-20)16(14)23-12-13-4-2-1-3-5-13/h1-5,10-11,18H,6-9,12H2. The molecule has 0 unspecified atom stereocenters. The molecule has 0 bridgehead atoms. The van der Waals surface area contributed by atoms with Crippen molar-refractivity contribution >= 4 is 33.4 Å². The van der Waals surface area contributed by atoms with E-state index >= 15 is 0 Å². The third-order valence-corrected chi connectivity index (χ3v) is 7.38. The fourth-order valence-electron chi connectivity index (χ4n) is 2.48. The van der Waals surface area contributed by atoms with E-state index in [4.69, 9.17) is 11.6 Å². The maximum absolute atomic E-state index is 13.0. The topological polar surface area (TPSA) is 62.3 Å². The van der Waals surface area contributed by atoms with Gasteiger partial charge in [-0.1, -0.05) is 41.9 Å². The summed E-state index contributed by atoms with van der Waals surface area (Å²) in [5, 5.41) is 3.53. The van der Waals surface area contributed by atoms with Crippen molar-refractivity contribution in [3.8, 4) is 0 Å². The highest BCUT2D eigenvalue weighted by Gasteiger charge is 2.29. The number of hydrogen-bond acceptors (Lipinski definition) is 5. The Morgan fingerprint density at radius 2 is 1.88 bits per heavy atom. The van der Waals surface area contributed by atoms with Gasteiger partial charge in [0, 0.05) is 49.2 Å². The second-order valence-corrected chi connectivity index (χ2v) is 8.68. The first-order valence-corrected chi connectivity index (χ1v) is 10.4. The third-order valence-electron chi connectivity index (χ3n) is 3.74. The normalized spacial score (nSPS) is 16.2. The fraction of sp³-hybridized carbons (Fsp3) is 0.312. The van der Waals surface area contributed by atoms with Gasteiger partial charge in [-0.15, -0.1) is 11.8 Å². The molecule has 0 spiro atoms. The second-order valence-electron chi connectivity index (χ2n) is 5.38. The van der Waals surface area contributed by atoms with Crippen LogP contribution in [-0.4, -0.2) is 43.9 Å². The molecule has 5 nitrogen and oxygen atoms in total. The molecule has 1 aliphatic rings. The highest BCUT2D eigenvalue weighted by molar-refractivity contribution is 7.99. The molecular formula is C16H18ClN3O2S2. The van der Waals surface area contributed by atoms with E-state index < -0.39 is 10.0 Å². The zero-order valence-corrected chi connectivity index (χ0v) is 15.4. The molecule has 0 atom stereocenters. The van der Waals surface area contributed by atoms with Crippen LogP contribution >= 0.6 is 23.4 Å². The first kappa shape index (κ1) is 17.7. The minimum absolute atomic E-state index is 0.192. The molecule has 1 fully saturated rings. The molecule has 8 heteroatoms. The predicted octanol–water partition coefficient (Wildman–Crippen LogP) is 2.62. The van der Waals surface area contributed by atoms with E-state index in [0.717, 1.165) is 5.56 Å². The minimum Gasteiger partial charge on any atom is -0.314 e. The number of pyridine rings is 1. The van der Waals surface area contributed by atoms with Gasteiger partial charge in [0.2, 0.25) is 10.0 Å². The van der Waals surface area contributed by atoms with Crippen LogP contribution in [0.25, 0.3) is 0 Å². The van der Waals surface area contributed by atoms with E-state index in [0.29, 0.717) is 41.8 Å². The van der Waals surface area contributed by atoms with Crippen molar-refractivity contribution in [3.05, 3.63) is 53.3 Å². The van der Waals surface area contributed by atoms with Crippen molar-refractivity contribution in [2.24, 2.45) is 0 Å². The molecule has 128 valence electrons. The van der Waals surface area contributed by atoms with Crippen molar-refractivity contribution in [2.45, 2.75) is 15.5 Å². The van der Waals surface area contributed by atoms with Gasteiger partial charge in [0.05, 0.1) is 5.02 Å². The number of rotatable bonds is 5. The van der Waals surface area contributed by atoms with Crippen LogP contribution < -0.4 is 5.32 Å². The van der Waals surface area contributed by atoms with Crippen molar-refractivity contribution in [3.63, 3.8) is 0 Å². The summed E-state index contributed by atoms with van der Waals surface area (Å²) in [7, 11) is -3.59. The lowest BCUT2D eigenvalue weighted by atomic mass is 10.2. The lowest BCUT2D eigenvalue weighted by Crippen LogP contribution is -2.46. The third kappa shape index (κ3) is 3.92. The van der Waals surface area contributed by atoms with Gasteiger partial charge in [-0.3, -0.25) is 4.98 Å². The van der Waals surface area contributed by atoms with Gasteiger partial charge < -0.3 is 5.32 Å². The first-order valence-electron chi connectivity index (χ1n) is 7.60. The van der Waals surface area contributed by atoms with Gasteiger partial charge in [-0.2, -0.15) is 4.31 Å². The minimum atomic E-state index is -3.59. The summed E-state index contributed by atoms with van der Waals surface area (Å²) in [5.41, 5.74) is 1.11. The van der Waals surface area contributed by atoms with Gasteiger partial charge in [-0.25, -0.2) is 8.42 Å². The van der Waals surface area contributed by atoms with Crippen LogP contribution in [0.15, 0.2) is 52.5 Å². The molecule has 3 rings (SSSR count). The molecule has 2 heterocycles. The number of nitrogens with one attached hydrogen (secondary N) is 1. The Balaban J connectivity index is 1.89. The number of aromatic nitrogens is 1. The Morgan fingerprint density at radius 1 is 1.17 bits per heavy atom. The maximum Gasteiger partial charge on any atom is 0.245 e. The molecule has 1 aliphatic heterocycles. The van der Waals surface area contributed by atoms with E-state index in [1.165, 1.54) is 28.5 Å². The molecule has 0 radical (unpaired) electrons. The molecule has 1 aromatic carbocycles. The van der Waals surface area contributed by atoms with Crippen LogP contribution in [-0.2, 0) is 15.8 Å². The largest absolute Gasteiger partial charge is 0.314 e. The summed E-state index contributed by atoms with van der Waals surface area (Å²) < 4.78 is 27.4. The molecule has 24 heavy (non-hydrogen) atoms. The van der Waals surface area contributed by atoms with Crippen LogP contribution in [0.3, 0.4) is 0 Å².